The molecule has 0 saturated heterocycles. The summed E-state index contributed by atoms with van der Waals surface area (Å²) >= 11 is 0. The van der Waals surface area contributed by atoms with Gasteiger partial charge in [0.2, 0.25) is 0 Å². The Balaban J connectivity index is 2.36. The Morgan fingerprint density at radius 3 is 1.89 bits per heavy atom. The van der Waals surface area contributed by atoms with Gasteiger partial charge in [0.1, 0.15) is 17.7 Å². The third-order valence-corrected chi connectivity index (χ3v) is 5.92. The van der Waals surface area contributed by atoms with Crippen LogP contribution in [0.5, 0.6) is 0 Å². The molecule has 11 heteroatoms. The molecule has 0 aliphatic heterocycles. The highest BCUT2D eigenvalue weighted by molar-refractivity contribution is 5.86. The standard InChI is InChI=1S/C25H48N2O9/c1-24(2,3)36-23(31)26(4)25(8-5-6-9-25)22(30)35-21-20-32-15-7-10-27(11-16-33-18-13-28)12-17-34-19-14-29/h28-29H,5-21H2,1-4H3. The van der Waals surface area contributed by atoms with Gasteiger partial charge in [0.25, 0.3) is 0 Å². The van der Waals surface area contributed by atoms with Crippen LogP contribution < -0.4 is 0 Å². The van der Waals surface area contributed by atoms with Crippen molar-refractivity contribution in [2.75, 3.05) is 86.1 Å². The van der Waals surface area contributed by atoms with Gasteiger partial charge in [-0.3, -0.25) is 9.80 Å². The van der Waals surface area contributed by atoms with Crippen LogP contribution in [0.2, 0.25) is 0 Å². The minimum Gasteiger partial charge on any atom is -0.461 e. The number of aliphatic hydroxyl groups is 2. The zero-order chi connectivity index (χ0) is 26.9. The molecule has 1 aliphatic rings. The first kappa shape index (κ1) is 32.5. The fourth-order valence-electron chi connectivity index (χ4n) is 4.02. The highest BCUT2D eigenvalue weighted by atomic mass is 16.6. The SMILES string of the molecule is CN(C(=O)OC(C)(C)C)C1(C(=O)OCCOCCCN(CCOCCO)CCOCCO)CCCC1. The average molecular weight is 521 g/mol. The molecule has 36 heavy (non-hydrogen) atoms. The van der Waals surface area contributed by atoms with Gasteiger partial charge in [0, 0.05) is 33.3 Å². The second-order valence-electron chi connectivity index (χ2n) is 9.89. The quantitative estimate of drug-likeness (QED) is 0.191. The Morgan fingerprint density at radius 1 is 0.806 bits per heavy atom. The number of amides is 1. The molecule has 0 heterocycles. The number of hydrogen-bond donors (Lipinski definition) is 2. The molecule has 0 radical (unpaired) electrons. The Hall–Kier alpha value is -1.50. The number of esters is 1. The second kappa shape index (κ2) is 17.9. The summed E-state index contributed by atoms with van der Waals surface area (Å²) < 4.78 is 27.3. The van der Waals surface area contributed by atoms with Gasteiger partial charge in [-0.2, -0.15) is 0 Å². The van der Waals surface area contributed by atoms with Gasteiger partial charge < -0.3 is 33.9 Å². The minimum atomic E-state index is -0.987. The van der Waals surface area contributed by atoms with Crippen LogP contribution in [0.25, 0.3) is 0 Å². The van der Waals surface area contributed by atoms with Crippen molar-refractivity contribution in [3.63, 3.8) is 0 Å². The third-order valence-electron chi connectivity index (χ3n) is 5.92. The lowest BCUT2D eigenvalue weighted by molar-refractivity contribution is -0.158. The number of carbonyl (C=O) groups is 2. The van der Waals surface area contributed by atoms with E-state index in [0.29, 0.717) is 59.0 Å². The van der Waals surface area contributed by atoms with Gasteiger partial charge in [-0.25, -0.2) is 9.59 Å². The van der Waals surface area contributed by atoms with Crippen LogP contribution in [0.1, 0.15) is 52.9 Å². The first-order valence-corrected chi connectivity index (χ1v) is 13.0. The van der Waals surface area contributed by atoms with E-state index in [9.17, 15) is 9.59 Å². The van der Waals surface area contributed by atoms with E-state index >= 15 is 0 Å². The molecule has 0 atom stereocenters. The Labute approximate surface area is 215 Å². The van der Waals surface area contributed by atoms with E-state index in [-0.39, 0.29) is 26.4 Å². The summed E-state index contributed by atoms with van der Waals surface area (Å²) in [6.07, 6.45) is 3.08. The summed E-state index contributed by atoms with van der Waals surface area (Å²) in [5, 5.41) is 17.6. The highest BCUT2D eigenvalue weighted by Gasteiger charge is 2.49. The smallest absolute Gasteiger partial charge is 0.410 e. The zero-order valence-corrected chi connectivity index (χ0v) is 22.7. The Bertz CT molecular complexity index is 595. The fraction of sp³-hybridized carbons (Fsp3) is 0.920. The predicted molar refractivity (Wildman–Crippen MR) is 134 cm³/mol. The van der Waals surface area contributed by atoms with E-state index < -0.39 is 23.2 Å². The summed E-state index contributed by atoms with van der Waals surface area (Å²) in [4.78, 5) is 29.1. The van der Waals surface area contributed by atoms with Crippen molar-refractivity contribution in [3.8, 4) is 0 Å². The number of hydrogen-bond acceptors (Lipinski definition) is 10. The van der Waals surface area contributed by atoms with E-state index in [2.05, 4.69) is 4.90 Å². The molecular weight excluding hydrogens is 472 g/mol. The molecule has 1 rings (SSSR count). The lowest BCUT2D eigenvalue weighted by atomic mass is 9.96. The largest absolute Gasteiger partial charge is 0.461 e. The average Bonchev–Trinajstić information content (AvgIpc) is 3.32. The summed E-state index contributed by atoms with van der Waals surface area (Å²) in [6, 6.07) is 0. The summed E-state index contributed by atoms with van der Waals surface area (Å²) in [5.41, 5.74) is -1.63. The molecule has 1 amide bonds. The second-order valence-corrected chi connectivity index (χ2v) is 9.89. The van der Waals surface area contributed by atoms with Gasteiger partial charge in [-0.1, -0.05) is 12.8 Å². The normalized spacial score (nSPS) is 15.3. The van der Waals surface area contributed by atoms with Crippen molar-refractivity contribution >= 4 is 12.1 Å². The lowest BCUT2D eigenvalue weighted by Gasteiger charge is -2.37. The van der Waals surface area contributed by atoms with Gasteiger partial charge in [-0.05, 0) is 40.0 Å². The van der Waals surface area contributed by atoms with E-state index in [4.69, 9.17) is 33.9 Å². The van der Waals surface area contributed by atoms with Gasteiger partial charge in [0.05, 0.1) is 46.2 Å². The third kappa shape index (κ3) is 12.6. The maximum absolute atomic E-state index is 13.0. The first-order valence-electron chi connectivity index (χ1n) is 13.0. The number of nitrogens with zero attached hydrogens (tertiary/aromatic N) is 2. The molecule has 0 aromatic carbocycles. The molecule has 1 aliphatic carbocycles. The molecule has 1 saturated carbocycles. The number of aliphatic hydroxyl groups excluding tert-OH is 2. The van der Waals surface area contributed by atoms with Gasteiger partial charge in [-0.15, -0.1) is 0 Å². The molecule has 11 nitrogen and oxygen atoms in total. The number of carbonyl (C=O) groups excluding carboxylic acids is 2. The van der Waals surface area contributed by atoms with E-state index in [1.165, 1.54) is 4.90 Å². The zero-order valence-electron chi connectivity index (χ0n) is 22.7. The summed E-state index contributed by atoms with van der Waals surface area (Å²) in [5.74, 6) is -0.408. The number of likely N-dealkylation sites (N-methyl/N-ethyl adjacent to an activating group) is 1. The number of rotatable bonds is 19. The maximum atomic E-state index is 13.0. The Morgan fingerprint density at radius 2 is 1.36 bits per heavy atom. The van der Waals surface area contributed by atoms with Crippen LogP contribution in [-0.2, 0) is 28.5 Å². The van der Waals surface area contributed by atoms with Crippen LogP contribution in [0.15, 0.2) is 0 Å². The van der Waals surface area contributed by atoms with E-state index in [1.807, 2.05) is 0 Å². The van der Waals surface area contributed by atoms with Crippen LogP contribution in [0, 0.1) is 0 Å². The summed E-state index contributed by atoms with van der Waals surface area (Å²) in [6.45, 7) is 10.1. The molecule has 1 fully saturated rings. The molecule has 0 bridgehead atoms. The van der Waals surface area contributed by atoms with Crippen molar-refractivity contribution in [2.45, 2.75) is 64.0 Å². The molecule has 0 aromatic rings. The van der Waals surface area contributed by atoms with Gasteiger partial charge >= 0.3 is 12.1 Å². The van der Waals surface area contributed by atoms with E-state index in [1.54, 1.807) is 27.8 Å². The molecular formula is C25H48N2O9. The highest BCUT2D eigenvalue weighted by Crippen LogP contribution is 2.36. The molecule has 0 unspecified atom stereocenters. The van der Waals surface area contributed by atoms with Crippen molar-refractivity contribution in [2.24, 2.45) is 0 Å². The van der Waals surface area contributed by atoms with Crippen LogP contribution >= 0.6 is 0 Å². The van der Waals surface area contributed by atoms with Crippen molar-refractivity contribution in [1.82, 2.24) is 9.80 Å². The van der Waals surface area contributed by atoms with Gasteiger partial charge in [0.15, 0.2) is 0 Å². The van der Waals surface area contributed by atoms with Crippen LogP contribution in [0.3, 0.4) is 0 Å². The maximum Gasteiger partial charge on any atom is 0.410 e. The van der Waals surface area contributed by atoms with Crippen molar-refractivity contribution in [3.05, 3.63) is 0 Å². The van der Waals surface area contributed by atoms with Crippen LogP contribution in [-0.4, -0.2) is 129 Å². The van der Waals surface area contributed by atoms with Crippen molar-refractivity contribution in [1.29, 1.82) is 0 Å². The predicted octanol–water partition coefficient (Wildman–Crippen LogP) is 1.44. The summed E-state index contributed by atoms with van der Waals surface area (Å²) in [7, 11) is 1.60. The Kier molecular flexibility index (Phi) is 16.1. The molecule has 2 N–H and O–H groups in total. The first-order chi connectivity index (χ1) is 17.2. The molecule has 212 valence electrons. The molecule has 0 aromatic heterocycles. The topological polar surface area (TPSA) is 127 Å². The van der Waals surface area contributed by atoms with Crippen molar-refractivity contribution < 1.29 is 43.5 Å². The monoisotopic (exact) mass is 520 g/mol. The van der Waals surface area contributed by atoms with Crippen LogP contribution in [0.4, 0.5) is 4.79 Å². The fourth-order valence-corrected chi connectivity index (χ4v) is 4.02. The number of ether oxygens (including phenoxy) is 5. The minimum absolute atomic E-state index is 0.00354. The molecule has 0 spiro atoms. The van der Waals surface area contributed by atoms with E-state index in [0.717, 1.165) is 25.8 Å². The lowest BCUT2D eigenvalue weighted by Crippen LogP contribution is -2.55.